The van der Waals surface area contributed by atoms with Gasteiger partial charge in [-0.25, -0.2) is 0 Å². The quantitative estimate of drug-likeness (QED) is 0.692. The molecule has 0 heterocycles. The van der Waals surface area contributed by atoms with Gasteiger partial charge in [0.2, 0.25) is 0 Å². The zero-order valence-corrected chi connectivity index (χ0v) is 7.88. The fraction of sp³-hybridized carbons (Fsp3) is 0.778. The van der Waals surface area contributed by atoms with E-state index in [0.717, 1.165) is 6.54 Å². The van der Waals surface area contributed by atoms with Crippen LogP contribution in [0, 0.1) is 0 Å². The summed E-state index contributed by atoms with van der Waals surface area (Å²) in [5, 5.41) is 4.13. The van der Waals surface area contributed by atoms with Crippen molar-refractivity contribution in [2.75, 3.05) is 6.54 Å². The number of hydrogen-bond donors (Lipinski definition) is 1. The van der Waals surface area contributed by atoms with E-state index in [0.29, 0.717) is 10.6 Å². The standard InChI is InChI=1S/C9H16ClN/c1-8(10)7-11-9(2)5-3-4-6-9/h11H,1,3-7H2,2H3. The minimum absolute atomic E-state index is 0.331. The van der Waals surface area contributed by atoms with Crippen molar-refractivity contribution in [2.45, 2.75) is 38.1 Å². The number of rotatable bonds is 3. The molecule has 0 aromatic heterocycles. The summed E-state index contributed by atoms with van der Waals surface area (Å²) < 4.78 is 0. The van der Waals surface area contributed by atoms with Gasteiger partial charge in [0.25, 0.3) is 0 Å². The molecule has 0 bridgehead atoms. The Morgan fingerprint density at radius 3 is 2.55 bits per heavy atom. The van der Waals surface area contributed by atoms with Crippen molar-refractivity contribution in [1.29, 1.82) is 0 Å². The fourth-order valence-electron chi connectivity index (χ4n) is 1.64. The van der Waals surface area contributed by atoms with Crippen LogP contribution < -0.4 is 5.32 Å². The first-order chi connectivity index (χ1) is 5.12. The maximum absolute atomic E-state index is 5.66. The summed E-state index contributed by atoms with van der Waals surface area (Å²) in [5.41, 5.74) is 0.331. The third-order valence-corrected chi connectivity index (χ3v) is 2.55. The molecule has 64 valence electrons. The largest absolute Gasteiger partial charge is 0.307 e. The second-order valence-electron chi connectivity index (χ2n) is 3.64. The van der Waals surface area contributed by atoms with E-state index in [-0.39, 0.29) is 0 Å². The van der Waals surface area contributed by atoms with Gasteiger partial charge in [0, 0.05) is 17.1 Å². The first-order valence-corrected chi connectivity index (χ1v) is 4.58. The van der Waals surface area contributed by atoms with E-state index in [1.807, 2.05) is 0 Å². The van der Waals surface area contributed by atoms with Crippen LogP contribution in [0.4, 0.5) is 0 Å². The molecule has 0 amide bonds. The topological polar surface area (TPSA) is 12.0 Å². The van der Waals surface area contributed by atoms with Crippen LogP contribution in [0.3, 0.4) is 0 Å². The molecule has 0 unspecified atom stereocenters. The summed E-state index contributed by atoms with van der Waals surface area (Å²) in [7, 11) is 0. The molecule has 0 saturated heterocycles. The lowest BCUT2D eigenvalue weighted by atomic mass is 10.0. The van der Waals surface area contributed by atoms with Gasteiger partial charge in [-0.1, -0.05) is 31.0 Å². The Morgan fingerprint density at radius 1 is 1.55 bits per heavy atom. The predicted molar refractivity (Wildman–Crippen MR) is 49.9 cm³/mol. The van der Waals surface area contributed by atoms with Crippen LogP contribution in [-0.2, 0) is 0 Å². The van der Waals surface area contributed by atoms with Gasteiger partial charge in [0.05, 0.1) is 0 Å². The molecule has 1 aliphatic carbocycles. The molecule has 1 rings (SSSR count). The summed E-state index contributed by atoms with van der Waals surface area (Å²) in [4.78, 5) is 0. The third-order valence-electron chi connectivity index (χ3n) is 2.41. The summed E-state index contributed by atoms with van der Waals surface area (Å²) in [6, 6.07) is 0. The second-order valence-corrected chi connectivity index (χ2v) is 4.17. The van der Waals surface area contributed by atoms with E-state index in [9.17, 15) is 0 Å². The predicted octanol–water partition coefficient (Wildman–Crippen LogP) is 2.66. The molecule has 1 N–H and O–H groups in total. The third kappa shape index (κ3) is 2.84. The van der Waals surface area contributed by atoms with E-state index in [2.05, 4.69) is 18.8 Å². The van der Waals surface area contributed by atoms with E-state index >= 15 is 0 Å². The van der Waals surface area contributed by atoms with Crippen LogP contribution in [0.5, 0.6) is 0 Å². The second kappa shape index (κ2) is 3.59. The molecular formula is C9H16ClN. The summed E-state index contributed by atoms with van der Waals surface area (Å²) in [5.74, 6) is 0. The highest BCUT2D eigenvalue weighted by molar-refractivity contribution is 6.29. The lowest BCUT2D eigenvalue weighted by Gasteiger charge is -2.24. The molecule has 1 aliphatic rings. The van der Waals surface area contributed by atoms with Gasteiger partial charge in [0.15, 0.2) is 0 Å². The first-order valence-electron chi connectivity index (χ1n) is 4.21. The molecular weight excluding hydrogens is 158 g/mol. The van der Waals surface area contributed by atoms with Crippen molar-refractivity contribution in [2.24, 2.45) is 0 Å². The average Bonchev–Trinajstić information content (AvgIpc) is 2.33. The van der Waals surface area contributed by atoms with Gasteiger partial charge in [0.1, 0.15) is 0 Å². The normalized spacial score (nSPS) is 22.0. The van der Waals surface area contributed by atoms with Gasteiger partial charge in [-0.15, -0.1) is 0 Å². The Morgan fingerprint density at radius 2 is 2.09 bits per heavy atom. The van der Waals surface area contributed by atoms with Crippen molar-refractivity contribution >= 4 is 11.6 Å². The Hall–Kier alpha value is -0.0100. The van der Waals surface area contributed by atoms with Gasteiger partial charge in [-0.05, 0) is 19.8 Å². The minimum Gasteiger partial charge on any atom is -0.307 e. The molecule has 0 radical (unpaired) electrons. The van der Waals surface area contributed by atoms with Crippen LogP contribution >= 0.6 is 11.6 Å². The van der Waals surface area contributed by atoms with Crippen molar-refractivity contribution < 1.29 is 0 Å². The number of hydrogen-bond acceptors (Lipinski definition) is 1. The molecule has 1 nitrogen and oxygen atoms in total. The SMILES string of the molecule is C=C(Cl)CNC1(C)CCCC1. The van der Waals surface area contributed by atoms with Crippen LogP contribution in [0.15, 0.2) is 11.6 Å². The van der Waals surface area contributed by atoms with Crippen LogP contribution in [0.2, 0.25) is 0 Å². The first kappa shape index (κ1) is 9.08. The van der Waals surface area contributed by atoms with E-state index < -0.39 is 0 Å². The molecule has 0 spiro atoms. The van der Waals surface area contributed by atoms with E-state index in [1.165, 1.54) is 25.7 Å². The molecule has 2 heteroatoms. The molecule has 0 atom stereocenters. The van der Waals surface area contributed by atoms with Crippen LogP contribution in [0.1, 0.15) is 32.6 Å². The smallest absolute Gasteiger partial charge is 0.0312 e. The summed E-state index contributed by atoms with van der Waals surface area (Å²) in [6.07, 6.45) is 5.24. The number of nitrogens with one attached hydrogen (secondary N) is 1. The fourth-order valence-corrected chi connectivity index (χ4v) is 1.71. The van der Waals surface area contributed by atoms with Crippen molar-refractivity contribution in [1.82, 2.24) is 5.32 Å². The maximum Gasteiger partial charge on any atom is 0.0312 e. The van der Waals surface area contributed by atoms with Gasteiger partial charge < -0.3 is 5.32 Å². The molecule has 0 aromatic carbocycles. The van der Waals surface area contributed by atoms with Crippen LogP contribution in [0.25, 0.3) is 0 Å². The van der Waals surface area contributed by atoms with Crippen molar-refractivity contribution in [3.05, 3.63) is 11.6 Å². The van der Waals surface area contributed by atoms with Crippen molar-refractivity contribution in [3.63, 3.8) is 0 Å². The zero-order valence-electron chi connectivity index (χ0n) is 7.12. The molecule has 1 fully saturated rings. The highest BCUT2D eigenvalue weighted by Gasteiger charge is 2.27. The summed E-state index contributed by atoms with van der Waals surface area (Å²) in [6.45, 7) is 6.66. The zero-order chi connectivity index (χ0) is 8.32. The van der Waals surface area contributed by atoms with Crippen LogP contribution in [-0.4, -0.2) is 12.1 Å². The van der Waals surface area contributed by atoms with E-state index in [4.69, 9.17) is 11.6 Å². The Balaban J connectivity index is 2.28. The van der Waals surface area contributed by atoms with Gasteiger partial charge in [-0.3, -0.25) is 0 Å². The van der Waals surface area contributed by atoms with E-state index in [1.54, 1.807) is 0 Å². The Kier molecular flexibility index (Phi) is 2.97. The maximum atomic E-state index is 5.66. The lowest BCUT2D eigenvalue weighted by Crippen LogP contribution is -2.39. The Bertz CT molecular complexity index is 148. The highest BCUT2D eigenvalue weighted by Crippen LogP contribution is 2.28. The molecule has 0 aliphatic heterocycles. The number of halogens is 1. The van der Waals surface area contributed by atoms with Gasteiger partial charge in [-0.2, -0.15) is 0 Å². The summed E-state index contributed by atoms with van der Waals surface area (Å²) >= 11 is 5.66. The minimum atomic E-state index is 0.331. The van der Waals surface area contributed by atoms with Crippen molar-refractivity contribution in [3.8, 4) is 0 Å². The average molecular weight is 174 g/mol. The highest BCUT2D eigenvalue weighted by atomic mass is 35.5. The molecule has 0 aromatic rings. The Labute approximate surface area is 73.8 Å². The molecule has 1 saturated carbocycles. The molecule has 11 heavy (non-hydrogen) atoms. The van der Waals surface area contributed by atoms with Gasteiger partial charge >= 0.3 is 0 Å². The monoisotopic (exact) mass is 173 g/mol. The lowest BCUT2D eigenvalue weighted by molar-refractivity contribution is 0.381.